The van der Waals surface area contributed by atoms with Crippen LogP contribution in [0.25, 0.3) is 11.0 Å². The third kappa shape index (κ3) is 5.63. The Morgan fingerprint density at radius 2 is 1.55 bits per heavy atom. The third-order valence-corrected chi connectivity index (χ3v) is 5.09. The van der Waals surface area contributed by atoms with Crippen LogP contribution in [-0.2, 0) is 13.1 Å². The third-order valence-electron chi connectivity index (χ3n) is 5.09. The average Bonchev–Trinajstić information content (AvgIpc) is 2.99. The molecular formula is C22H31ClN4O2. The largest absolute Gasteiger partial charge is 0.491 e. The van der Waals surface area contributed by atoms with Crippen LogP contribution in [0.15, 0.2) is 54.6 Å². The molecule has 1 heterocycles. The van der Waals surface area contributed by atoms with E-state index in [2.05, 4.69) is 18.7 Å². The van der Waals surface area contributed by atoms with Crippen LogP contribution in [0.5, 0.6) is 5.75 Å². The van der Waals surface area contributed by atoms with Crippen molar-refractivity contribution in [2.24, 2.45) is 0 Å². The van der Waals surface area contributed by atoms with Crippen molar-refractivity contribution < 1.29 is 9.84 Å². The maximum Gasteiger partial charge on any atom is 0.203 e. The molecule has 0 aliphatic rings. The number of ether oxygens (including phenoxy) is 1. The first-order chi connectivity index (χ1) is 13.6. The van der Waals surface area contributed by atoms with Gasteiger partial charge in [-0.3, -0.25) is 5.41 Å². The highest BCUT2D eigenvalue weighted by atomic mass is 35.5. The molecule has 6 nitrogen and oxygen atoms in total. The molecule has 0 saturated carbocycles. The van der Waals surface area contributed by atoms with E-state index >= 15 is 0 Å². The summed E-state index contributed by atoms with van der Waals surface area (Å²) < 4.78 is 9.57. The lowest BCUT2D eigenvalue weighted by atomic mass is 10.3. The van der Waals surface area contributed by atoms with Crippen LogP contribution < -0.4 is 10.4 Å². The Morgan fingerprint density at radius 3 is 2.17 bits per heavy atom. The molecule has 1 aromatic heterocycles. The second kappa shape index (κ2) is 11.0. The van der Waals surface area contributed by atoms with Crippen LogP contribution in [0, 0.1) is 5.41 Å². The summed E-state index contributed by atoms with van der Waals surface area (Å²) in [5.41, 5.74) is 2.40. The zero-order chi connectivity index (χ0) is 19.9. The Labute approximate surface area is 178 Å². The van der Waals surface area contributed by atoms with Crippen molar-refractivity contribution in [3.05, 3.63) is 60.2 Å². The van der Waals surface area contributed by atoms with Crippen molar-refractivity contribution in [2.75, 3.05) is 26.2 Å². The lowest BCUT2D eigenvalue weighted by Crippen LogP contribution is -2.34. The number of halogens is 1. The van der Waals surface area contributed by atoms with Gasteiger partial charge in [-0.05, 0) is 37.4 Å². The molecule has 0 saturated heterocycles. The van der Waals surface area contributed by atoms with E-state index < -0.39 is 6.10 Å². The van der Waals surface area contributed by atoms with Crippen LogP contribution in [0.1, 0.15) is 13.8 Å². The van der Waals surface area contributed by atoms with Crippen molar-refractivity contribution in [1.82, 2.24) is 14.0 Å². The molecule has 0 aliphatic heterocycles. The molecule has 2 N–H and O–H groups in total. The zero-order valence-corrected chi connectivity index (χ0v) is 17.9. The molecule has 3 aromatic rings. The van der Waals surface area contributed by atoms with E-state index in [0.717, 1.165) is 43.0 Å². The first kappa shape index (κ1) is 23.0. The average molecular weight is 419 g/mol. The monoisotopic (exact) mass is 418 g/mol. The van der Waals surface area contributed by atoms with Gasteiger partial charge in [0, 0.05) is 13.1 Å². The Morgan fingerprint density at radius 1 is 0.966 bits per heavy atom. The van der Waals surface area contributed by atoms with Crippen LogP contribution in [0.3, 0.4) is 0 Å². The minimum Gasteiger partial charge on any atom is -0.491 e. The fourth-order valence-corrected chi connectivity index (χ4v) is 3.46. The number of aliphatic hydroxyl groups is 1. The van der Waals surface area contributed by atoms with Crippen LogP contribution in [-0.4, -0.2) is 51.5 Å². The van der Waals surface area contributed by atoms with Gasteiger partial charge in [0.15, 0.2) is 0 Å². The van der Waals surface area contributed by atoms with Gasteiger partial charge >= 0.3 is 0 Å². The highest BCUT2D eigenvalue weighted by Crippen LogP contribution is 2.14. The summed E-state index contributed by atoms with van der Waals surface area (Å²) in [7, 11) is 0. The fraction of sp³-hybridized carbons (Fsp3) is 0.409. The summed E-state index contributed by atoms with van der Waals surface area (Å²) in [6.45, 7) is 8.48. The van der Waals surface area contributed by atoms with Crippen LogP contribution in [0.4, 0.5) is 0 Å². The van der Waals surface area contributed by atoms with Crippen molar-refractivity contribution in [2.45, 2.75) is 33.0 Å². The maximum atomic E-state index is 10.5. The number of fused-ring (bicyclic) bond motifs is 1. The number of rotatable bonds is 10. The highest BCUT2D eigenvalue weighted by molar-refractivity contribution is 5.85. The van der Waals surface area contributed by atoms with Gasteiger partial charge in [-0.15, -0.1) is 12.4 Å². The van der Waals surface area contributed by atoms with E-state index in [1.807, 2.05) is 63.7 Å². The van der Waals surface area contributed by atoms with Crippen molar-refractivity contribution in [1.29, 1.82) is 5.41 Å². The standard InChI is InChI=1S/C22H30N4O2.ClH/c1-3-24(4-2)14-15-25-20-12-8-9-13-21(20)26(22(25)23)16-18(27)17-28-19-10-6-5-7-11-19;/h5-13,18,23,27H,3-4,14-17H2,1-2H3;1H. The first-order valence-electron chi connectivity index (χ1n) is 9.95. The predicted molar refractivity (Wildman–Crippen MR) is 119 cm³/mol. The zero-order valence-electron chi connectivity index (χ0n) is 17.1. The summed E-state index contributed by atoms with van der Waals surface area (Å²) >= 11 is 0. The smallest absolute Gasteiger partial charge is 0.203 e. The molecule has 0 fully saturated rings. The Kier molecular flexibility index (Phi) is 8.76. The Bertz CT molecular complexity index is 935. The summed E-state index contributed by atoms with van der Waals surface area (Å²) in [4.78, 5) is 2.35. The van der Waals surface area contributed by atoms with E-state index in [-0.39, 0.29) is 19.0 Å². The molecule has 3 rings (SSSR count). The minimum atomic E-state index is -0.698. The molecule has 0 aliphatic carbocycles. The van der Waals surface area contributed by atoms with E-state index in [4.69, 9.17) is 10.1 Å². The van der Waals surface area contributed by atoms with Crippen LogP contribution >= 0.6 is 12.4 Å². The minimum absolute atomic E-state index is 0. The van der Waals surface area contributed by atoms with Gasteiger partial charge in [-0.2, -0.15) is 0 Å². The van der Waals surface area contributed by atoms with Gasteiger partial charge in [0.25, 0.3) is 0 Å². The second-order valence-corrected chi connectivity index (χ2v) is 6.88. The summed E-state index contributed by atoms with van der Waals surface area (Å²) in [6.07, 6.45) is -0.698. The van der Waals surface area contributed by atoms with Gasteiger partial charge < -0.3 is 23.9 Å². The van der Waals surface area contributed by atoms with Gasteiger partial charge in [0.1, 0.15) is 18.5 Å². The molecule has 1 atom stereocenters. The molecule has 158 valence electrons. The molecule has 0 radical (unpaired) electrons. The number of aliphatic hydroxyl groups excluding tert-OH is 1. The molecular weight excluding hydrogens is 388 g/mol. The number of nitrogens with zero attached hydrogens (tertiary/aromatic N) is 3. The van der Waals surface area contributed by atoms with Crippen molar-refractivity contribution in [3.63, 3.8) is 0 Å². The SMILES string of the molecule is CCN(CC)CCn1c(=N)n(CC(O)COc2ccccc2)c2ccccc21.Cl. The van der Waals surface area contributed by atoms with Gasteiger partial charge in [-0.25, -0.2) is 0 Å². The number of benzene rings is 2. The van der Waals surface area contributed by atoms with E-state index in [9.17, 15) is 5.11 Å². The molecule has 0 bridgehead atoms. The first-order valence-corrected chi connectivity index (χ1v) is 9.95. The Balaban J connectivity index is 0.00000300. The number of hydrogen-bond donors (Lipinski definition) is 2. The number of para-hydroxylation sites is 3. The highest BCUT2D eigenvalue weighted by Gasteiger charge is 2.15. The Hall–Kier alpha value is -2.28. The van der Waals surface area contributed by atoms with Crippen molar-refractivity contribution in [3.8, 4) is 5.75 Å². The number of imidazole rings is 1. The number of hydrogen-bond acceptors (Lipinski definition) is 4. The summed E-state index contributed by atoms with van der Waals surface area (Å²) in [5, 5.41) is 19.2. The van der Waals surface area contributed by atoms with Gasteiger partial charge in [-0.1, -0.05) is 44.2 Å². The quantitative estimate of drug-likeness (QED) is 0.531. The summed E-state index contributed by atoms with van der Waals surface area (Å²) in [5.74, 6) is 0.735. The summed E-state index contributed by atoms with van der Waals surface area (Å²) in [6, 6.07) is 17.5. The van der Waals surface area contributed by atoms with E-state index in [1.165, 1.54) is 0 Å². The molecule has 0 amide bonds. The van der Waals surface area contributed by atoms with E-state index in [1.54, 1.807) is 0 Å². The normalized spacial score (nSPS) is 12.1. The molecule has 1 unspecified atom stereocenters. The van der Waals surface area contributed by atoms with E-state index in [0.29, 0.717) is 12.2 Å². The maximum absolute atomic E-state index is 10.5. The predicted octanol–water partition coefficient (Wildman–Crippen LogP) is 3.13. The lowest BCUT2D eigenvalue weighted by molar-refractivity contribution is 0.0920. The number of aromatic nitrogens is 2. The molecule has 7 heteroatoms. The molecule has 29 heavy (non-hydrogen) atoms. The van der Waals surface area contributed by atoms with Crippen LogP contribution in [0.2, 0.25) is 0 Å². The molecule has 2 aromatic carbocycles. The number of likely N-dealkylation sites (N-methyl/N-ethyl adjacent to an activating group) is 1. The molecule has 0 spiro atoms. The van der Waals surface area contributed by atoms with Gasteiger partial charge in [0.05, 0.1) is 17.6 Å². The topological polar surface area (TPSA) is 66.4 Å². The van der Waals surface area contributed by atoms with Crippen molar-refractivity contribution >= 4 is 23.4 Å². The fourth-order valence-electron chi connectivity index (χ4n) is 3.46. The van der Waals surface area contributed by atoms with Gasteiger partial charge in [0.2, 0.25) is 5.62 Å². The lowest BCUT2D eigenvalue weighted by Gasteiger charge is -2.18. The second-order valence-electron chi connectivity index (χ2n) is 6.88. The number of nitrogens with one attached hydrogen (secondary N) is 1.